The van der Waals surface area contributed by atoms with Crippen molar-refractivity contribution in [3.63, 3.8) is 0 Å². The molecule has 0 radical (unpaired) electrons. The van der Waals surface area contributed by atoms with Gasteiger partial charge in [0.05, 0.1) is 0 Å². The zero-order chi connectivity index (χ0) is 23.3. The highest BCUT2D eigenvalue weighted by Crippen LogP contribution is 2.60. The first-order valence-corrected chi connectivity index (χ1v) is 13.5. The van der Waals surface area contributed by atoms with Gasteiger partial charge in [0.2, 0.25) is 0 Å². The third-order valence-corrected chi connectivity index (χ3v) is 8.92. The lowest BCUT2D eigenvalue weighted by atomic mass is 9.60. The van der Waals surface area contributed by atoms with Gasteiger partial charge in [-0.2, -0.15) is 0 Å². The van der Waals surface area contributed by atoms with Crippen LogP contribution in [-0.4, -0.2) is 12.1 Å². The maximum atomic E-state index is 11.7. The van der Waals surface area contributed by atoms with Crippen molar-refractivity contribution < 1.29 is 9.53 Å². The smallest absolute Gasteiger partial charge is 0.305 e. The summed E-state index contributed by atoms with van der Waals surface area (Å²) in [6.07, 6.45) is 18.8. The van der Waals surface area contributed by atoms with Gasteiger partial charge in [-0.1, -0.05) is 83.8 Å². The monoisotopic (exact) mass is 440 g/mol. The third-order valence-electron chi connectivity index (χ3n) is 8.92. The molecule has 1 unspecified atom stereocenters. The Morgan fingerprint density at radius 2 is 1.94 bits per heavy atom. The minimum Gasteiger partial charge on any atom is -0.462 e. The Hall–Kier alpha value is -1.31. The standard InChI is InChI=1S/C30H48O2/c1-7-29(31)32-26-16-13-22(4)25(20-26)15-14-24-12-9-19-30(6)27(17-18-28(24)30)23(5)11-8-10-21(2)3/h14-15,21,23,26-28H,4,7-13,16-20H2,1-3,5-6H3/b24-14+,25-15-/t23-,26+,27-,28?,30-/m1/s1. The van der Waals surface area contributed by atoms with E-state index in [0.29, 0.717) is 11.8 Å². The van der Waals surface area contributed by atoms with E-state index in [1.165, 1.54) is 62.5 Å². The molecule has 2 heteroatoms. The molecule has 3 aliphatic carbocycles. The third kappa shape index (κ3) is 5.97. The van der Waals surface area contributed by atoms with Crippen LogP contribution in [-0.2, 0) is 9.53 Å². The van der Waals surface area contributed by atoms with Crippen LogP contribution in [0, 0.1) is 29.1 Å². The minimum atomic E-state index is -0.0808. The van der Waals surface area contributed by atoms with Crippen molar-refractivity contribution in [3.05, 3.63) is 35.5 Å². The van der Waals surface area contributed by atoms with Gasteiger partial charge in [0.1, 0.15) is 6.10 Å². The molecule has 0 N–H and O–H groups in total. The van der Waals surface area contributed by atoms with Gasteiger partial charge in [-0.25, -0.2) is 0 Å². The molecule has 0 aliphatic heterocycles. The van der Waals surface area contributed by atoms with Gasteiger partial charge in [-0.05, 0) is 79.6 Å². The first-order valence-electron chi connectivity index (χ1n) is 13.5. The van der Waals surface area contributed by atoms with Gasteiger partial charge in [-0.15, -0.1) is 0 Å². The minimum absolute atomic E-state index is 0.0248. The van der Waals surface area contributed by atoms with Crippen molar-refractivity contribution >= 4 is 5.97 Å². The average Bonchev–Trinajstić information content (AvgIpc) is 3.11. The SMILES string of the molecule is C=C1CC[C@H](OC(=O)CC)C/C1=C/C=C1\CCC[C@@]2(C)C1CC[C@@H]2[C@H](C)CCCC(C)C. The Labute approximate surface area is 198 Å². The van der Waals surface area contributed by atoms with E-state index >= 15 is 0 Å². The van der Waals surface area contributed by atoms with Crippen LogP contribution in [0.4, 0.5) is 0 Å². The molecule has 3 aliphatic rings. The summed E-state index contributed by atoms with van der Waals surface area (Å²) in [5.74, 6) is 3.21. The second kappa shape index (κ2) is 11.2. The van der Waals surface area contributed by atoms with Gasteiger partial charge < -0.3 is 4.74 Å². The zero-order valence-corrected chi connectivity index (χ0v) is 21.6. The molecule has 0 aromatic carbocycles. The molecule has 5 atom stereocenters. The second-order valence-corrected chi connectivity index (χ2v) is 11.6. The van der Waals surface area contributed by atoms with Crippen LogP contribution in [0.3, 0.4) is 0 Å². The number of fused-ring (bicyclic) bond motifs is 1. The molecule has 180 valence electrons. The highest BCUT2D eigenvalue weighted by Gasteiger charge is 2.50. The lowest BCUT2D eigenvalue weighted by molar-refractivity contribution is -0.149. The van der Waals surface area contributed by atoms with Crippen molar-refractivity contribution in [1.29, 1.82) is 0 Å². The highest BCUT2D eigenvalue weighted by atomic mass is 16.5. The molecule has 0 amide bonds. The Morgan fingerprint density at radius 1 is 1.16 bits per heavy atom. The fourth-order valence-electron chi connectivity index (χ4n) is 7.01. The summed E-state index contributed by atoms with van der Waals surface area (Å²) in [6, 6.07) is 0. The second-order valence-electron chi connectivity index (χ2n) is 11.6. The predicted octanol–water partition coefficient (Wildman–Crippen LogP) is 8.58. The molecule has 0 bridgehead atoms. The molecule has 0 spiro atoms. The fourth-order valence-corrected chi connectivity index (χ4v) is 7.01. The van der Waals surface area contributed by atoms with Crippen LogP contribution >= 0.6 is 0 Å². The molecule has 0 aromatic heterocycles. The normalized spacial score (nSPS) is 34.2. The van der Waals surface area contributed by atoms with E-state index in [4.69, 9.17) is 4.74 Å². The maximum Gasteiger partial charge on any atom is 0.305 e. The Balaban J connectivity index is 1.68. The van der Waals surface area contributed by atoms with E-state index in [-0.39, 0.29) is 12.1 Å². The van der Waals surface area contributed by atoms with Crippen LogP contribution < -0.4 is 0 Å². The highest BCUT2D eigenvalue weighted by molar-refractivity contribution is 5.69. The maximum absolute atomic E-state index is 11.7. The van der Waals surface area contributed by atoms with Crippen LogP contribution in [0.5, 0.6) is 0 Å². The van der Waals surface area contributed by atoms with E-state index in [2.05, 4.69) is 46.4 Å². The Kier molecular flexibility index (Phi) is 8.87. The molecule has 0 heterocycles. The fraction of sp³-hybridized carbons (Fsp3) is 0.767. The summed E-state index contributed by atoms with van der Waals surface area (Å²) in [5, 5.41) is 0. The molecule has 0 aromatic rings. The quantitative estimate of drug-likeness (QED) is 0.353. The summed E-state index contributed by atoms with van der Waals surface area (Å²) >= 11 is 0. The molecular weight excluding hydrogens is 392 g/mol. The van der Waals surface area contributed by atoms with E-state index in [1.54, 1.807) is 5.57 Å². The van der Waals surface area contributed by atoms with Crippen molar-refractivity contribution in [2.24, 2.45) is 29.1 Å². The summed E-state index contributed by atoms with van der Waals surface area (Å²) in [5.41, 5.74) is 4.67. The number of allylic oxidation sites excluding steroid dienone is 4. The van der Waals surface area contributed by atoms with Crippen molar-refractivity contribution in [2.75, 3.05) is 0 Å². The number of esters is 1. The Bertz CT molecular complexity index is 727. The number of rotatable bonds is 8. The average molecular weight is 441 g/mol. The number of hydrogen-bond donors (Lipinski definition) is 0. The molecule has 2 nitrogen and oxygen atoms in total. The van der Waals surface area contributed by atoms with Crippen LogP contribution in [0.2, 0.25) is 0 Å². The summed E-state index contributed by atoms with van der Waals surface area (Å²) in [6.45, 7) is 16.0. The number of hydrogen-bond acceptors (Lipinski definition) is 2. The lowest BCUT2D eigenvalue weighted by Gasteiger charge is -2.44. The number of ether oxygens (including phenoxy) is 1. The molecule has 3 fully saturated rings. The summed E-state index contributed by atoms with van der Waals surface area (Å²) in [7, 11) is 0. The van der Waals surface area contributed by atoms with Gasteiger partial charge >= 0.3 is 5.97 Å². The largest absolute Gasteiger partial charge is 0.462 e. The van der Waals surface area contributed by atoms with Crippen molar-refractivity contribution in [1.82, 2.24) is 0 Å². The molecule has 0 saturated heterocycles. The van der Waals surface area contributed by atoms with Gasteiger partial charge in [0, 0.05) is 12.8 Å². The van der Waals surface area contributed by atoms with Gasteiger partial charge in [-0.3, -0.25) is 4.79 Å². The first-order chi connectivity index (χ1) is 15.2. The van der Waals surface area contributed by atoms with Crippen LogP contribution in [0.15, 0.2) is 35.5 Å². The summed E-state index contributed by atoms with van der Waals surface area (Å²) < 4.78 is 5.64. The predicted molar refractivity (Wildman–Crippen MR) is 135 cm³/mol. The van der Waals surface area contributed by atoms with Gasteiger partial charge in [0.25, 0.3) is 0 Å². The number of carbonyl (C=O) groups is 1. The lowest BCUT2D eigenvalue weighted by Crippen LogP contribution is -2.36. The molecule has 3 saturated carbocycles. The topological polar surface area (TPSA) is 26.3 Å². The van der Waals surface area contributed by atoms with Gasteiger partial charge in [0.15, 0.2) is 0 Å². The van der Waals surface area contributed by atoms with E-state index in [0.717, 1.165) is 42.9 Å². The number of carbonyl (C=O) groups excluding carboxylic acids is 1. The molecule has 3 rings (SSSR count). The van der Waals surface area contributed by atoms with Crippen LogP contribution in [0.1, 0.15) is 112 Å². The zero-order valence-electron chi connectivity index (χ0n) is 21.6. The Morgan fingerprint density at radius 3 is 2.66 bits per heavy atom. The van der Waals surface area contributed by atoms with Crippen molar-refractivity contribution in [3.8, 4) is 0 Å². The van der Waals surface area contributed by atoms with Crippen LogP contribution in [0.25, 0.3) is 0 Å². The summed E-state index contributed by atoms with van der Waals surface area (Å²) in [4.78, 5) is 11.7. The molecule has 32 heavy (non-hydrogen) atoms. The van der Waals surface area contributed by atoms with Crippen molar-refractivity contribution in [2.45, 2.75) is 118 Å². The first kappa shape index (κ1) is 25.3. The van der Waals surface area contributed by atoms with E-state index < -0.39 is 0 Å². The van der Waals surface area contributed by atoms with E-state index in [9.17, 15) is 4.79 Å². The van der Waals surface area contributed by atoms with E-state index in [1.807, 2.05) is 6.92 Å². The molecular formula is C30H48O2.